The van der Waals surface area contributed by atoms with Crippen molar-refractivity contribution in [1.29, 1.82) is 0 Å². The number of methoxy groups -OCH3 is 1. The van der Waals surface area contributed by atoms with E-state index in [1.165, 1.54) is 22.8 Å². The van der Waals surface area contributed by atoms with Gasteiger partial charge in [0.2, 0.25) is 0 Å². The third kappa shape index (κ3) is 6.31. The number of thioether (sulfide) groups is 1. The van der Waals surface area contributed by atoms with Crippen molar-refractivity contribution in [3.05, 3.63) is 29.8 Å². The van der Waals surface area contributed by atoms with E-state index in [9.17, 15) is 0 Å². The van der Waals surface area contributed by atoms with Crippen molar-refractivity contribution in [3.8, 4) is 0 Å². The number of nitrogens with zero attached hydrogens (tertiary/aromatic N) is 2. The Balaban J connectivity index is 1.76. The molecule has 5 nitrogen and oxygen atoms in total. The zero-order valence-corrected chi connectivity index (χ0v) is 15.0. The van der Waals surface area contributed by atoms with Crippen molar-refractivity contribution in [1.82, 2.24) is 10.6 Å². The molecule has 0 bridgehead atoms. The molecule has 1 aliphatic heterocycles. The molecule has 1 saturated heterocycles. The van der Waals surface area contributed by atoms with Crippen molar-refractivity contribution >= 4 is 23.4 Å². The molecule has 128 valence electrons. The molecule has 0 saturated carbocycles. The van der Waals surface area contributed by atoms with E-state index in [2.05, 4.69) is 44.8 Å². The number of nitrogens with one attached hydrogen (secondary N) is 2. The fourth-order valence-electron chi connectivity index (χ4n) is 2.48. The molecule has 0 aromatic heterocycles. The third-order valence-corrected chi connectivity index (χ3v) is 4.76. The molecule has 1 aliphatic rings. The average molecular weight is 337 g/mol. The second-order valence-electron chi connectivity index (χ2n) is 5.46. The van der Waals surface area contributed by atoms with Crippen LogP contribution in [0.5, 0.6) is 0 Å². The Bertz CT molecular complexity index is 472. The Kier molecular flexibility index (Phi) is 8.11. The van der Waals surface area contributed by atoms with Crippen molar-refractivity contribution in [2.75, 3.05) is 56.8 Å². The van der Waals surface area contributed by atoms with E-state index in [1.807, 2.05) is 11.8 Å². The van der Waals surface area contributed by atoms with E-state index in [0.717, 1.165) is 45.2 Å². The second-order valence-corrected chi connectivity index (χ2v) is 6.69. The molecule has 0 radical (unpaired) electrons. The second kappa shape index (κ2) is 10.4. The summed E-state index contributed by atoms with van der Waals surface area (Å²) in [5, 5.41) is 6.63. The van der Waals surface area contributed by atoms with Gasteiger partial charge in [-0.2, -0.15) is 11.8 Å². The number of rotatable bonds is 7. The summed E-state index contributed by atoms with van der Waals surface area (Å²) in [7, 11) is 3.52. The summed E-state index contributed by atoms with van der Waals surface area (Å²) in [6.07, 6.45) is 0.972. The van der Waals surface area contributed by atoms with Crippen LogP contribution in [-0.4, -0.2) is 57.9 Å². The first-order chi connectivity index (χ1) is 11.3. The zero-order chi connectivity index (χ0) is 16.3. The molecule has 0 aliphatic carbocycles. The van der Waals surface area contributed by atoms with Gasteiger partial charge in [-0.15, -0.1) is 0 Å². The normalized spacial score (nSPS) is 15.6. The van der Waals surface area contributed by atoms with Crippen LogP contribution in [0.15, 0.2) is 29.3 Å². The first kappa shape index (κ1) is 17.9. The summed E-state index contributed by atoms with van der Waals surface area (Å²) in [6.45, 7) is 4.71. The lowest BCUT2D eigenvalue weighted by Gasteiger charge is -2.28. The Morgan fingerprint density at radius 2 is 1.96 bits per heavy atom. The highest BCUT2D eigenvalue weighted by Gasteiger charge is 2.10. The van der Waals surface area contributed by atoms with Crippen molar-refractivity contribution < 1.29 is 4.74 Å². The first-order valence-electron chi connectivity index (χ1n) is 8.18. The van der Waals surface area contributed by atoms with Crippen LogP contribution >= 0.6 is 11.8 Å². The maximum absolute atomic E-state index is 5.04. The van der Waals surface area contributed by atoms with Gasteiger partial charge in [-0.25, -0.2) is 0 Å². The predicted octanol–water partition coefficient (Wildman–Crippen LogP) is 1.94. The molecule has 0 amide bonds. The lowest BCUT2D eigenvalue weighted by molar-refractivity contribution is 0.195. The molecule has 6 heteroatoms. The third-order valence-electron chi connectivity index (χ3n) is 3.81. The highest BCUT2D eigenvalue weighted by Crippen LogP contribution is 2.19. The van der Waals surface area contributed by atoms with E-state index in [1.54, 1.807) is 14.2 Å². The SMILES string of the molecule is CN=C(NCCCOC)NCc1ccc(N2CCSCC2)cc1. The molecule has 0 spiro atoms. The van der Waals surface area contributed by atoms with Gasteiger partial charge in [0.1, 0.15) is 0 Å². The summed E-state index contributed by atoms with van der Waals surface area (Å²) >= 11 is 2.04. The number of guanidine groups is 1. The summed E-state index contributed by atoms with van der Waals surface area (Å²) in [4.78, 5) is 6.70. The van der Waals surface area contributed by atoms with E-state index < -0.39 is 0 Å². The van der Waals surface area contributed by atoms with Gasteiger partial charge in [-0.3, -0.25) is 4.99 Å². The standard InChI is InChI=1S/C17H28N4OS/c1-18-17(19-8-3-11-22-2)20-14-15-4-6-16(7-5-15)21-9-12-23-13-10-21/h4-7H,3,8-14H2,1-2H3,(H2,18,19,20). The van der Waals surface area contributed by atoms with Crippen LogP contribution in [0, 0.1) is 0 Å². The van der Waals surface area contributed by atoms with Gasteiger partial charge >= 0.3 is 0 Å². The van der Waals surface area contributed by atoms with Gasteiger partial charge in [0.15, 0.2) is 5.96 Å². The Labute approximate surface area is 143 Å². The van der Waals surface area contributed by atoms with Gasteiger partial charge in [0.05, 0.1) is 0 Å². The largest absolute Gasteiger partial charge is 0.385 e. The predicted molar refractivity (Wildman–Crippen MR) is 101 cm³/mol. The molecule has 1 heterocycles. The first-order valence-corrected chi connectivity index (χ1v) is 9.34. The molecule has 2 rings (SSSR count). The maximum Gasteiger partial charge on any atom is 0.191 e. The molecular weight excluding hydrogens is 308 g/mol. The monoisotopic (exact) mass is 336 g/mol. The summed E-state index contributed by atoms with van der Waals surface area (Å²) < 4.78 is 5.04. The molecule has 1 aromatic rings. The Morgan fingerprint density at radius 1 is 1.22 bits per heavy atom. The van der Waals surface area contributed by atoms with Gasteiger partial charge in [0.25, 0.3) is 0 Å². The van der Waals surface area contributed by atoms with E-state index in [4.69, 9.17) is 4.74 Å². The minimum Gasteiger partial charge on any atom is -0.385 e. The van der Waals surface area contributed by atoms with Gasteiger partial charge < -0.3 is 20.3 Å². The summed E-state index contributed by atoms with van der Waals surface area (Å²) in [6, 6.07) is 8.84. The van der Waals surface area contributed by atoms with Crippen LogP contribution in [0.1, 0.15) is 12.0 Å². The fraction of sp³-hybridized carbons (Fsp3) is 0.588. The van der Waals surface area contributed by atoms with E-state index in [-0.39, 0.29) is 0 Å². The molecule has 0 unspecified atom stereocenters. The summed E-state index contributed by atoms with van der Waals surface area (Å²) in [5.74, 6) is 3.29. The topological polar surface area (TPSA) is 48.9 Å². The smallest absolute Gasteiger partial charge is 0.191 e. The molecule has 2 N–H and O–H groups in total. The molecular formula is C17H28N4OS. The molecule has 23 heavy (non-hydrogen) atoms. The number of hydrogen-bond acceptors (Lipinski definition) is 4. The number of benzene rings is 1. The number of aliphatic imine (C=N–C) groups is 1. The highest BCUT2D eigenvalue weighted by molar-refractivity contribution is 7.99. The van der Waals surface area contributed by atoms with E-state index in [0.29, 0.717) is 0 Å². The lowest BCUT2D eigenvalue weighted by atomic mass is 10.2. The minimum atomic E-state index is 0.764. The maximum atomic E-state index is 5.04. The van der Waals surface area contributed by atoms with Crippen LogP contribution in [0.4, 0.5) is 5.69 Å². The number of anilines is 1. The average Bonchev–Trinajstić information content (AvgIpc) is 2.62. The van der Waals surface area contributed by atoms with Gasteiger partial charge in [-0.05, 0) is 24.1 Å². The Hall–Kier alpha value is -1.40. The van der Waals surface area contributed by atoms with Gasteiger partial charge in [0, 0.05) is 64.1 Å². The van der Waals surface area contributed by atoms with Crippen molar-refractivity contribution in [2.24, 2.45) is 4.99 Å². The van der Waals surface area contributed by atoms with Crippen LogP contribution in [0.25, 0.3) is 0 Å². The fourth-order valence-corrected chi connectivity index (χ4v) is 3.38. The van der Waals surface area contributed by atoms with Crippen LogP contribution in [0.2, 0.25) is 0 Å². The van der Waals surface area contributed by atoms with Gasteiger partial charge in [-0.1, -0.05) is 12.1 Å². The number of hydrogen-bond donors (Lipinski definition) is 2. The van der Waals surface area contributed by atoms with E-state index >= 15 is 0 Å². The lowest BCUT2D eigenvalue weighted by Crippen LogP contribution is -2.37. The van der Waals surface area contributed by atoms with Crippen LogP contribution < -0.4 is 15.5 Å². The molecule has 1 aromatic carbocycles. The molecule has 0 atom stereocenters. The highest BCUT2D eigenvalue weighted by atomic mass is 32.2. The summed E-state index contributed by atoms with van der Waals surface area (Å²) in [5.41, 5.74) is 2.59. The van der Waals surface area contributed by atoms with Crippen LogP contribution in [0.3, 0.4) is 0 Å². The van der Waals surface area contributed by atoms with Crippen LogP contribution in [-0.2, 0) is 11.3 Å². The van der Waals surface area contributed by atoms with Crippen molar-refractivity contribution in [2.45, 2.75) is 13.0 Å². The Morgan fingerprint density at radius 3 is 2.61 bits per heavy atom. The quantitative estimate of drug-likeness (QED) is 0.453. The number of ether oxygens (including phenoxy) is 1. The molecule has 1 fully saturated rings. The van der Waals surface area contributed by atoms with Crippen molar-refractivity contribution in [3.63, 3.8) is 0 Å². The zero-order valence-electron chi connectivity index (χ0n) is 14.2. The minimum absolute atomic E-state index is 0.764.